The molecule has 2 bridgehead atoms. The molecule has 2 atom stereocenters. The Hall–Kier alpha value is -5.82. The molecule has 2 amide bonds. The number of aromatic amines is 1. The van der Waals surface area contributed by atoms with Gasteiger partial charge < -0.3 is 35.5 Å². The molecular formula is C48H53N5O7. The first-order valence-electron chi connectivity index (χ1n) is 21.1. The van der Waals surface area contributed by atoms with Crippen LogP contribution < -0.4 is 16.2 Å². The molecule has 12 heteroatoms. The van der Waals surface area contributed by atoms with Crippen LogP contribution >= 0.6 is 0 Å². The first-order valence-corrected chi connectivity index (χ1v) is 21.1. The van der Waals surface area contributed by atoms with Gasteiger partial charge in [0.25, 0.3) is 5.91 Å². The van der Waals surface area contributed by atoms with E-state index >= 15 is 0 Å². The first kappa shape index (κ1) is 40.9. The third-order valence-electron chi connectivity index (χ3n) is 12.8. The third-order valence-corrected chi connectivity index (χ3v) is 12.8. The molecule has 312 valence electrons. The lowest BCUT2D eigenvalue weighted by Crippen LogP contribution is -2.55. The van der Waals surface area contributed by atoms with Crippen molar-refractivity contribution in [2.45, 2.75) is 69.2 Å². The van der Waals surface area contributed by atoms with Gasteiger partial charge in [-0.2, -0.15) is 0 Å². The minimum absolute atomic E-state index is 0.0502. The van der Waals surface area contributed by atoms with Crippen molar-refractivity contribution in [1.82, 2.24) is 25.4 Å². The van der Waals surface area contributed by atoms with E-state index in [0.717, 1.165) is 54.7 Å². The summed E-state index contributed by atoms with van der Waals surface area (Å²) < 4.78 is 6.31. The molecule has 12 nitrogen and oxygen atoms in total. The number of nitrogens with one attached hydrogen (secondary N) is 3. The summed E-state index contributed by atoms with van der Waals surface area (Å²) >= 11 is 0. The van der Waals surface area contributed by atoms with Gasteiger partial charge in [-0.25, -0.2) is 0 Å². The van der Waals surface area contributed by atoms with Crippen LogP contribution in [0.3, 0.4) is 0 Å². The van der Waals surface area contributed by atoms with Gasteiger partial charge >= 0.3 is 5.97 Å². The minimum atomic E-state index is -0.849. The quantitative estimate of drug-likeness (QED) is 0.0959. The highest BCUT2D eigenvalue weighted by atomic mass is 16.5. The smallest absolute Gasteiger partial charge is 0.317 e. The van der Waals surface area contributed by atoms with Crippen LogP contribution in [0.1, 0.15) is 76.4 Å². The van der Waals surface area contributed by atoms with Crippen LogP contribution in [0.25, 0.3) is 10.9 Å². The molecule has 1 unspecified atom stereocenters. The average molecular weight is 812 g/mol. The standard InChI is InChI=1S/C48H53N5O7/c54-40-17-15-38(39-16-19-44(57)51-45(39)40)41(55)30-49-28-33-8-6-32(7-9-33)12-18-43(56)50-29-34-10-13-36(14-11-34)46(58)53-26-22-48(23-27-53,37-4-2-1-3-5-37)47(59)60-42-31-52-24-20-35(42)21-25-52/h1-11,13-17,19,35,41-42,49,54-55H,12,18,20-31H2,(H,50,56)(H,51,57)/t41?,42-/m0/s1. The van der Waals surface area contributed by atoms with E-state index in [9.17, 15) is 29.4 Å². The highest BCUT2D eigenvalue weighted by Gasteiger charge is 2.47. The number of esters is 1. The fraction of sp³-hybridized carbons (Fsp3) is 0.375. The van der Waals surface area contributed by atoms with Gasteiger partial charge in [0.05, 0.1) is 17.0 Å². The number of pyridine rings is 1. The Labute approximate surface area is 349 Å². The van der Waals surface area contributed by atoms with Gasteiger partial charge in [0, 0.05) is 62.7 Å². The molecule has 0 saturated carbocycles. The number of hydrogen-bond donors (Lipinski definition) is 5. The monoisotopic (exact) mass is 811 g/mol. The summed E-state index contributed by atoms with van der Waals surface area (Å²) in [5.41, 5.74) is 4.28. The molecule has 9 rings (SSSR count). The topological polar surface area (TPSA) is 164 Å². The predicted octanol–water partition coefficient (Wildman–Crippen LogP) is 5.12. The summed E-state index contributed by atoms with van der Waals surface area (Å²) in [6.45, 7) is 5.04. The number of H-pyrrole nitrogens is 1. The summed E-state index contributed by atoms with van der Waals surface area (Å²) in [6, 6.07) is 31.3. The maximum atomic E-state index is 14.0. The molecule has 0 spiro atoms. The molecule has 0 aliphatic carbocycles. The van der Waals surface area contributed by atoms with E-state index in [2.05, 4.69) is 20.5 Å². The Balaban J connectivity index is 0.769. The number of likely N-dealkylation sites (tertiary alicyclic amines) is 1. The van der Waals surface area contributed by atoms with Crippen LogP contribution in [0.5, 0.6) is 5.75 Å². The number of phenols is 1. The third kappa shape index (κ3) is 9.16. The van der Waals surface area contributed by atoms with Crippen molar-refractivity contribution in [2.75, 3.05) is 39.3 Å². The van der Waals surface area contributed by atoms with Gasteiger partial charge in [0.1, 0.15) is 11.9 Å². The molecular weight excluding hydrogens is 759 g/mol. The van der Waals surface area contributed by atoms with Crippen molar-refractivity contribution >= 4 is 28.7 Å². The molecule has 5 heterocycles. The van der Waals surface area contributed by atoms with Crippen LogP contribution in [0.2, 0.25) is 0 Å². The minimum Gasteiger partial charge on any atom is -0.506 e. The number of aryl methyl sites for hydroxylation is 1. The zero-order chi connectivity index (χ0) is 41.6. The Bertz CT molecular complexity index is 2350. The van der Waals surface area contributed by atoms with E-state index in [4.69, 9.17) is 4.74 Å². The van der Waals surface area contributed by atoms with E-state index in [1.807, 2.05) is 71.6 Å². The lowest BCUT2D eigenvalue weighted by molar-refractivity contribution is -0.168. The number of fused-ring (bicyclic) bond motifs is 4. The number of phenolic OH excluding ortho intramolecular Hbond substituents is 1. The maximum absolute atomic E-state index is 14.0. The Morgan fingerprint density at radius 2 is 1.50 bits per heavy atom. The van der Waals surface area contributed by atoms with Gasteiger partial charge in [0.15, 0.2) is 0 Å². The number of rotatable bonds is 14. The van der Waals surface area contributed by atoms with E-state index in [-0.39, 0.29) is 41.7 Å². The zero-order valence-electron chi connectivity index (χ0n) is 33.8. The SMILES string of the molecule is O=C(CCc1ccc(CNCC(O)c2ccc(O)c3[nH]c(=O)ccc23)cc1)NCc1ccc(C(=O)N2CCC(C(=O)O[C@H]3CN4CCC3CC4)(c3ccccc3)CC2)cc1. The van der Waals surface area contributed by atoms with Crippen molar-refractivity contribution in [3.63, 3.8) is 0 Å². The van der Waals surface area contributed by atoms with Crippen LogP contribution in [0, 0.1) is 5.92 Å². The van der Waals surface area contributed by atoms with Crippen LogP contribution in [-0.2, 0) is 39.3 Å². The largest absolute Gasteiger partial charge is 0.506 e. The van der Waals surface area contributed by atoms with E-state index in [1.54, 1.807) is 24.3 Å². The number of carbonyl (C=O) groups is 3. The lowest BCUT2D eigenvalue weighted by Gasteiger charge is -2.46. The number of aromatic hydroxyl groups is 1. The molecule has 60 heavy (non-hydrogen) atoms. The fourth-order valence-electron chi connectivity index (χ4n) is 9.09. The molecule has 4 fully saturated rings. The molecule has 4 aliphatic heterocycles. The molecule has 5 N–H and O–H groups in total. The summed E-state index contributed by atoms with van der Waals surface area (Å²) in [5.74, 6) is 0.0799. The van der Waals surface area contributed by atoms with Crippen LogP contribution in [-0.4, -0.2) is 88.2 Å². The van der Waals surface area contributed by atoms with E-state index in [1.165, 1.54) is 12.1 Å². The number of aromatic nitrogens is 1. The molecule has 1 aromatic heterocycles. The van der Waals surface area contributed by atoms with Crippen LogP contribution in [0.4, 0.5) is 0 Å². The number of piperidine rings is 4. The Morgan fingerprint density at radius 1 is 0.817 bits per heavy atom. The van der Waals surface area contributed by atoms with Crippen LogP contribution in [0.15, 0.2) is 108 Å². The fourth-order valence-corrected chi connectivity index (χ4v) is 9.09. The summed E-state index contributed by atoms with van der Waals surface area (Å²) in [4.78, 5) is 59.0. The van der Waals surface area contributed by atoms with E-state index < -0.39 is 11.5 Å². The molecule has 5 aromatic rings. The summed E-state index contributed by atoms with van der Waals surface area (Å²) in [6.07, 6.45) is 3.16. The average Bonchev–Trinajstić information content (AvgIpc) is 3.29. The van der Waals surface area contributed by atoms with Crippen molar-refractivity contribution in [3.05, 3.63) is 147 Å². The number of hydrogen-bond acceptors (Lipinski definition) is 9. The highest BCUT2D eigenvalue weighted by molar-refractivity contribution is 5.95. The van der Waals surface area contributed by atoms with Crippen molar-refractivity contribution in [2.24, 2.45) is 5.92 Å². The normalized spacial score (nSPS) is 20.1. The molecule has 4 aliphatic rings. The number of benzene rings is 4. The number of ether oxygens (including phenoxy) is 1. The Morgan fingerprint density at radius 3 is 2.20 bits per heavy atom. The zero-order valence-corrected chi connectivity index (χ0v) is 33.8. The molecule has 0 radical (unpaired) electrons. The second-order valence-corrected chi connectivity index (χ2v) is 16.5. The van der Waals surface area contributed by atoms with Crippen molar-refractivity contribution in [3.8, 4) is 5.75 Å². The number of nitrogens with zero attached hydrogens (tertiary/aromatic N) is 2. The highest BCUT2D eigenvalue weighted by Crippen LogP contribution is 2.39. The Kier molecular flexibility index (Phi) is 12.4. The maximum Gasteiger partial charge on any atom is 0.317 e. The number of aliphatic hydroxyl groups is 1. The van der Waals surface area contributed by atoms with Crippen molar-refractivity contribution in [1.29, 1.82) is 0 Å². The van der Waals surface area contributed by atoms with Gasteiger partial charge in [0.2, 0.25) is 11.5 Å². The lowest BCUT2D eigenvalue weighted by atomic mass is 9.72. The van der Waals surface area contributed by atoms with Gasteiger partial charge in [-0.3, -0.25) is 24.1 Å². The van der Waals surface area contributed by atoms with E-state index in [0.29, 0.717) is 79.8 Å². The second kappa shape index (κ2) is 18.2. The van der Waals surface area contributed by atoms with Gasteiger partial charge in [-0.1, -0.05) is 72.8 Å². The number of carbonyl (C=O) groups excluding carboxylic acids is 3. The molecule has 4 aromatic carbocycles. The second-order valence-electron chi connectivity index (χ2n) is 16.5. The van der Waals surface area contributed by atoms with Crippen molar-refractivity contribution < 1.29 is 29.3 Å². The molecule has 4 saturated heterocycles. The van der Waals surface area contributed by atoms with Gasteiger partial charge in [-0.05, 0) is 103 Å². The number of amides is 2. The van der Waals surface area contributed by atoms with Gasteiger partial charge in [-0.15, -0.1) is 0 Å². The summed E-state index contributed by atoms with van der Waals surface area (Å²) in [5, 5.41) is 27.8. The predicted molar refractivity (Wildman–Crippen MR) is 228 cm³/mol. The first-order chi connectivity index (χ1) is 29.1. The summed E-state index contributed by atoms with van der Waals surface area (Å²) in [7, 11) is 0. The number of aliphatic hydroxyl groups excluding tert-OH is 1.